The van der Waals surface area contributed by atoms with E-state index in [2.05, 4.69) is 11.8 Å². The van der Waals surface area contributed by atoms with Crippen molar-refractivity contribution in [1.29, 1.82) is 0 Å². The van der Waals surface area contributed by atoms with Crippen LogP contribution >= 0.6 is 0 Å². The summed E-state index contributed by atoms with van der Waals surface area (Å²) in [7, 11) is -0.533. The molecule has 0 radical (unpaired) electrons. The van der Waals surface area contributed by atoms with E-state index in [0.29, 0.717) is 17.7 Å². The van der Waals surface area contributed by atoms with Crippen LogP contribution in [0.15, 0.2) is 17.0 Å². The third-order valence-electron chi connectivity index (χ3n) is 7.77. The normalized spacial score (nSPS) is 30.8. The summed E-state index contributed by atoms with van der Waals surface area (Å²) >= 11 is 0. The van der Waals surface area contributed by atoms with Crippen LogP contribution in [-0.2, 0) is 10.0 Å². The fourth-order valence-electron chi connectivity index (χ4n) is 6.66. The van der Waals surface area contributed by atoms with Crippen molar-refractivity contribution in [1.82, 2.24) is 9.21 Å². The molecule has 0 aliphatic heterocycles. The Labute approximate surface area is 175 Å². The Morgan fingerprint density at radius 2 is 1.55 bits per heavy atom. The first-order valence-corrected chi connectivity index (χ1v) is 12.4. The Hall–Kier alpha value is -1.40. The van der Waals surface area contributed by atoms with Gasteiger partial charge in [-0.25, -0.2) is 12.7 Å². The maximum Gasteiger partial charge on any atom is 0.254 e. The second-order valence-electron chi connectivity index (χ2n) is 9.90. The molecule has 5 nitrogen and oxygen atoms in total. The van der Waals surface area contributed by atoms with E-state index < -0.39 is 10.0 Å². The molecule has 0 spiro atoms. The molecule has 4 bridgehead atoms. The van der Waals surface area contributed by atoms with Gasteiger partial charge in [-0.2, -0.15) is 0 Å². The Kier molecular flexibility index (Phi) is 5.10. The van der Waals surface area contributed by atoms with Gasteiger partial charge >= 0.3 is 0 Å². The number of carbonyl (C=O) groups excluding carboxylic acids is 1. The third kappa shape index (κ3) is 3.32. The Morgan fingerprint density at radius 1 is 1.03 bits per heavy atom. The van der Waals surface area contributed by atoms with Crippen molar-refractivity contribution in [2.75, 3.05) is 20.6 Å². The average molecular weight is 419 g/mol. The molecule has 160 valence electrons. The SMILES string of the molecule is CCN(C(=O)c1cc(C)c(C)c(S(=O)(=O)N(C)C)c1)C12CC3CC(CC(C3)C1)C2. The van der Waals surface area contributed by atoms with E-state index in [-0.39, 0.29) is 16.3 Å². The topological polar surface area (TPSA) is 57.7 Å². The van der Waals surface area contributed by atoms with E-state index in [0.717, 1.165) is 42.6 Å². The van der Waals surface area contributed by atoms with Crippen LogP contribution < -0.4 is 0 Å². The monoisotopic (exact) mass is 418 g/mol. The molecule has 0 N–H and O–H groups in total. The van der Waals surface area contributed by atoms with Crippen molar-refractivity contribution in [3.8, 4) is 0 Å². The number of nitrogens with zero attached hydrogens (tertiary/aromatic N) is 2. The number of aryl methyl sites for hydroxylation is 1. The number of hydrogen-bond donors (Lipinski definition) is 0. The van der Waals surface area contributed by atoms with Crippen molar-refractivity contribution < 1.29 is 13.2 Å². The maximum atomic E-state index is 13.7. The van der Waals surface area contributed by atoms with Gasteiger partial charge in [-0.1, -0.05) is 0 Å². The first-order valence-electron chi connectivity index (χ1n) is 10.9. The minimum absolute atomic E-state index is 0.00671. The van der Waals surface area contributed by atoms with Gasteiger partial charge in [0.05, 0.1) is 4.90 Å². The second-order valence-corrected chi connectivity index (χ2v) is 12.0. The van der Waals surface area contributed by atoms with Crippen molar-refractivity contribution >= 4 is 15.9 Å². The van der Waals surface area contributed by atoms with E-state index >= 15 is 0 Å². The van der Waals surface area contributed by atoms with Crippen LogP contribution in [0.1, 0.15) is 66.9 Å². The highest BCUT2D eigenvalue weighted by atomic mass is 32.2. The molecule has 0 atom stereocenters. The Bertz CT molecular complexity index is 900. The summed E-state index contributed by atoms with van der Waals surface area (Å²) in [6, 6.07) is 3.47. The first-order chi connectivity index (χ1) is 13.6. The van der Waals surface area contributed by atoms with Crippen molar-refractivity contribution in [3.63, 3.8) is 0 Å². The van der Waals surface area contributed by atoms with Crippen LogP contribution in [0.2, 0.25) is 0 Å². The smallest absolute Gasteiger partial charge is 0.254 e. The van der Waals surface area contributed by atoms with Gasteiger partial charge in [-0.05, 0) is 100 Å². The molecule has 0 aromatic heterocycles. The maximum absolute atomic E-state index is 13.7. The molecule has 6 heteroatoms. The van der Waals surface area contributed by atoms with Gasteiger partial charge in [0.1, 0.15) is 0 Å². The van der Waals surface area contributed by atoms with Gasteiger partial charge in [0.15, 0.2) is 0 Å². The standard InChI is InChI=1S/C23H34N2O3S/c1-6-25(23-12-17-8-18(13-23)10-19(9-17)14-23)22(26)20-7-15(2)16(3)21(11-20)29(27,28)24(4)5/h7,11,17-19H,6,8-10,12-14H2,1-5H3. The third-order valence-corrected chi connectivity index (χ3v) is 9.71. The summed E-state index contributed by atoms with van der Waals surface area (Å²) in [5.41, 5.74) is 2.04. The lowest BCUT2D eigenvalue weighted by Gasteiger charge is -2.60. The molecule has 0 unspecified atom stereocenters. The number of amides is 1. The number of rotatable bonds is 5. The summed E-state index contributed by atoms with van der Waals surface area (Å²) in [5.74, 6) is 2.26. The zero-order valence-corrected chi connectivity index (χ0v) is 19.2. The molecule has 4 fully saturated rings. The van der Waals surface area contributed by atoms with Crippen molar-refractivity contribution in [3.05, 3.63) is 28.8 Å². The fourth-order valence-corrected chi connectivity index (χ4v) is 7.88. The van der Waals surface area contributed by atoms with E-state index in [4.69, 9.17) is 0 Å². The Balaban J connectivity index is 1.73. The van der Waals surface area contributed by atoms with Gasteiger partial charge in [-0.15, -0.1) is 0 Å². The molecule has 4 aliphatic rings. The minimum Gasteiger partial charge on any atom is -0.333 e. The summed E-state index contributed by atoms with van der Waals surface area (Å²) in [6.45, 7) is 6.45. The molecule has 1 aromatic rings. The van der Waals surface area contributed by atoms with Crippen molar-refractivity contribution in [2.45, 2.75) is 69.7 Å². The van der Waals surface area contributed by atoms with Gasteiger partial charge in [0.2, 0.25) is 10.0 Å². The largest absolute Gasteiger partial charge is 0.333 e. The number of hydrogen-bond acceptors (Lipinski definition) is 3. The van der Waals surface area contributed by atoms with Crippen LogP contribution in [0.4, 0.5) is 0 Å². The summed E-state index contributed by atoms with van der Waals surface area (Å²) in [4.78, 5) is 16.1. The van der Waals surface area contributed by atoms with E-state index in [1.807, 2.05) is 19.9 Å². The minimum atomic E-state index is -3.60. The van der Waals surface area contributed by atoms with Gasteiger partial charge in [-0.3, -0.25) is 4.79 Å². The number of benzene rings is 1. The predicted octanol–water partition coefficient (Wildman–Crippen LogP) is 3.98. The highest BCUT2D eigenvalue weighted by Gasteiger charge is 2.54. The van der Waals surface area contributed by atoms with E-state index in [1.54, 1.807) is 6.07 Å². The fraction of sp³-hybridized carbons (Fsp3) is 0.696. The highest BCUT2D eigenvalue weighted by Crippen LogP contribution is 2.58. The van der Waals surface area contributed by atoms with Gasteiger partial charge in [0, 0.05) is 31.7 Å². The number of carbonyl (C=O) groups is 1. The molecule has 1 aromatic carbocycles. The van der Waals surface area contributed by atoms with Crippen LogP contribution in [0.5, 0.6) is 0 Å². The van der Waals surface area contributed by atoms with Crippen molar-refractivity contribution in [2.24, 2.45) is 17.8 Å². The summed E-state index contributed by atoms with van der Waals surface area (Å²) < 4.78 is 26.9. The zero-order chi connectivity index (χ0) is 21.1. The molecular weight excluding hydrogens is 384 g/mol. The second kappa shape index (κ2) is 7.09. The van der Waals surface area contributed by atoms with E-state index in [1.165, 1.54) is 37.7 Å². The molecule has 1 amide bonds. The first kappa shape index (κ1) is 20.9. The summed E-state index contributed by atoms with van der Waals surface area (Å²) in [5, 5.41) is 0. The lowest BCUT2D eigenvalue weighted by atomic mass is 9.52. The molecule has 29 heavy (non-hydrogen) atoms. The lowest BCUT2D eigenvalue weighted by Crippen LogP contribution is -2.61. The molecule has 4 aliphatic carbocycles. The molecule has 4 saturated carbocycles. The molecule has 0 saturated heterocycles. The highest BCUT2D eigenvalue weighted by molar-refractivity contribution is 7.89. The molecular formula is C23H34N2O3S. The average Bonchev–Trinajstić information content (AvgIpc) is 2.62. The Morgan fingerprint density at radius 3 is 2.00 bits per heavy atom. The van der Waals surface area contributed by atoms with Crippen LogP contribution in [0.25, 0.3) is 0 Å². The quantitative estimate of drug-likeness (QED) is 0.727. The molecule has 0 heterocycles. The molecule has 5 rings (SSSR count). The zero-order valence-electron chi connectivity index (χ0n) is 18.4. The van der Waals surface area contributed by atoms with E-state index in [9.17, 15) is 13.2 Å². The van der Waals surface area contributed by atoms with Gasteiger partial charge < -0.3 is 4.90 Å². The van der Waals surface area contributed by atoms with Crippen LogP contribution in [-0.4, -0.2) is 49.7 Å². The van der Waals surface area contributed by atoms with Crippen LogP contribution in [0, 0.1) is 31.6 Å². The lowest BCUT2D eigenvalue weighted by molar-refractivity contribution is -0.0731. The number of sulfonamides is 1. The summed E-state index contributed by atoms with van der Waals surface area (Å²) in [6.07, 6.45) is 7.35. The van der Waals surface area contributed by atoms with Crippen LogP contribution in [0.3, 0.4) is 0 Å². The van der Waals surface area contributed by atoms with Gasteiger partial charge in [0.25, 0.3) is 5.91 Å². The predicted molar refractivity (Wildman–Crippen MR) is 114 cm³/mol.